The molecular weight excluding hydrogens is 266 g/mol. The molecule has 1 nitrogen and oxygen atoms in total. The van der Waals surface area contributed by atoms with Gasteiger partial charge >= 0.3 is 0 Å². The Bertz CT molecular complexity index is 468. The minimum atomic E-state index is 1.12. The number of rotatable bonds is 10. The summed E-state index contributed by atoms with van der Waals surface area (Å²) < 4.78 is 0. The maximum atomic E-state index is 4.64. The first-order valence-electron chi connectivity index (χ1n) is 9.11. The number of nitrogens with zero attached hydrogens (tertiary/aromatic N) is 1. The zero-order valence-corrected chi connectivity index (χ0v) is 15.0. The molecule has 0 aliphatic rings. The molecule has 0 aromatic carbocycles. The van der Waals surface area contributed by atoms with Crippen molar-refractivity contribution in [3.63, 3.8) is 0 Å². The van der Waals surface area contributed by atoms with Crippen LogP contribution in [0.1, 0.15) is 84.8 Å². The number of hydrogen-bond donors (Lipinski definition) is 0. The number of pyridine rings is 1. The highest BCUT2D eigenvalue weighted by atomic mass is 14.7. The second-order valence-electron chi connectivity index (χ2n) is 5.94. The molecule has 0 atom stereocenters. The van der Waals surface area contributed by atoms with Crippen molar-refractivity contribution in [2.75, 3.05) is 0 Å². The van der Waals surface area contributed by atoms with Gasteiger partial charge < -0.3 is 0 Å². The first-order valence-corrected chi connectivity index (χ1v) is 9.11. The van der Waals surface area contributed by atoms with Gasteiger partial charge in [0.2, 0.25) is 0 Å². The molecule has 0 N–H and O–H groups in total. The fourth-order valence-corrected chi connectivity index (χ4v) is 2.94. The van der Waals surface area contributed by atoms with Gasteiger partial charge in [0, 0.05) is 6.20 Å². The van der Waals surface area contributed by atoms with E-state index in [-0.39, 0.29) is 0 Å². The second-order valence-corrected chi connectivity index (χ2v) is 5.94. The third-order valence-electron chi connectivity index (χ3n) is 3.92. The molecule has 1 rings (SSSR count). The molecule has 0 saturated carbocycles. The minimum absolute atomic E-state index is 1.12. The van der Waals surface area contributed by atoms with Crippen molar-refractivity contribution in [3.05, 3.63) is 47.3 Å². The Kier molecular flexibility index (Phi) is 9.54. The van der Waals surface area contributed by atoms with E-state index >= 15 is 0 Å². The fourth-order valence-electron chi connectivity index (χ4n) is 2.94. The van der Waals surface area contributed by atoms with Gasteiger partial charge in [-0.05, 0) is 54.5 Å². The smallest absolute Gasteiger partial charge is 0.0664 e. The molecule has 22 heavy (non-hydrogen) atoms. The largest absolute Gasteiger partial charge is 0.257 e. The van der Waals surface area contributed by atoms with Crippen LogP contribution in [0.25, 0.3) is 5.57 Å². The standard InChI is InChI=1S/C21H33N/c1-5-9-15-18(12-6-2)19(13-7-3)20(14-8-4)21-16-10-11-17-22-21/h10-11,15-17H,5-9,12-14H2,1-4H3/b18-15+,20-19+. The topological polar surface area (TPSA) is 12.9 Å². The van der Waals surface area contributed by atoms with Crippen molar-refractivity contribution in [1.82, 2.24) is 4.98 Å². The molecule has 1 heteroatoms. The van der Waals surface area contributed by atoms with E-state index in [4.69, 9.17) is 0 Å². The van der Waals surface area contributed by atoms with Crippen molar-refractivity contribution in [3.8, 4) is 0 Å². The second kappa shape index (κ2) is 11.2. The van der Waals surface area contributed by atoms with E-state index in [1.807, 2.05) is 12.3 Å². The molecule has 0 spiro atoms. The monoisotopic (exact) mass is 299 g/mol. The van der Waals surface area contributed by atoms with E-state index in [9.17, 15) is 0 Å². The van der Waals surface area contributed by atoms with Crippen LogP contribution < -0.4 is 0 Å². The summed E-state index contributed by atoms with van der Waals surface area (Å²) in [6.07, 6.45) is 13.9. The third kappa shape index (κ3) is 5.79. The third-order valence-corrected chi connectivity index (χ3v) is 3.92. The lowest BCUT2D eigenvalue weighted by Crippen LogP contribution is -1.99. The van der Waals surface area contributed by atoms with E-state index in [2.05, 4.69) is 50.9 Å². The van der Waals surface area contributed by atoms with Gasteiger partial charge in [-0.2, -0.15) is 0 Å². The maximum Gasteiger partial charge on any atom is 0.0664 e. The highest BCUT2D eigenvalue weighted by molar-refractivity contribution is 5.70. The number of aromatic nitrogens is 1. The van der Waals surface area contributed by atoms with Crippen molar-refractivity contribution >= 4 is 5.57 Å². The van der Waals surface area contributed by atoms with Gasteiger partial charge in [0.1, 0.15) is 0 Å². The van der Waals surface area contributed by atoms with E-state index in [1.165, 1.54) is 56.2 Å². The Morgan fingerprint density at radius 2 is 1.64 bits per heavy atom. The summed E-state index contributed by atoms with van der Waals surface area (Å²) in [5.41, 5.74) is 5.78. The van der Waals surface area contributed by atoms with Gasteiger partial charge in [-0.3, -0.25) is 4.98 Å². The Labute approximate surface area is 137 Å². The van der Waals surface area contributed by atoms with Crippen LogP contribution in [0.3, 0.4) is 0 Å². The lowest BCUT2D eigenvalue weighted by atomic mass is 9.88. The first kappa shape index (κ1) is 18.7. The van der Waals surface area contributed by atoms with Gasteiger partial charge in [0.25, 0.3) is 0 Å². The molecule has 1 aromatic heterocycles. The van der Waals surface area contributed by atoms with Crippen LogP contribution in [0.2, 0.25) is 0 Å². The summed E-state index contributed by atoms with van der Waals surface area (Å²) in [5.74, 6) is 0. The predicted molar refractivity (Wildman–Crippen MR) is 98.9 cm³/mol. The zero-order valence-electron chi connectivity index (χ0n) is 15.0. The molecule has 1 heterocycles. The molecule has 0 saturated heterocycles. The first-order chi connectivity index (χ1) is 10.8. The molecule has 1 aromatic rings. The molecule has 122 valence electrons. The van der Waals surface area contributed by atoms with Crippen molar-refractivity contribution < 1.29 is 0 Å². The number of allylic oxidation sites excluding steroid dienone is 4. The SMILES string of the molecule is CCC/C=C(CCC)/C(CCC)=C(\CCC)c1ccccn1. The molecule has 0 radical (unpaired) electrons. The summed E-state index contributed by atoms with van der Waals surface area (Å²) >= 11 is 0. The Hall–Kier alpha value is -1.37. The zero-order chi connectivity index (χ0) is 16.2. The molecule has 0 unspecified atom stereocenters. The van der Waals surface area contributed by atoms with Crippen molar-refractivity contribution in [1.29, 1.82) is 0 Å². The van der Waals surface area contributed by atoms with Gasteiger partial charge in [0.05, 0.1) is 5.69 Å². The summed E-state index contributed by atoms with van der Waals surface area (Å²) in [4.78, 5) is 4.64. The maximum absolute atomic E-state index is 4.64. The highest BCUT2D eigenvalue weighted by Gasteiger charge is 2.13. The quantitative estimate of drug-likeness (QED) is 0.425. The van der Waals surface area contributed by atoms with Crippen molar-refractivity contribution in [2.24, 2.45) is 0 Å². The fraction of sp³-hybridized carbons (Fsp3) is 0.571. The lowest BCUT2D eigenvalue weighted by Gasteiger charge is -2.18. The number of hydrogen-bond acceptors (Lipinski definition) is 1. The Morgan fingerprint density at radius 3 is 2.18 bits per heavy atom. The number of unbranched alkanes of at least 4 members (excludes halogenated alkanes) is 1. The lowest BCUT2D eigenvalue weighted by molar-refractivity contribution is 0.829. The summed E-state index contributed by atoms with van der Waals surface area (Å²) in [6.45, 7) is 9.09. The van der Waals surface area contributed by atoms with E-state index in [1.54, 1.807) is 11.1 Å². The summed E-state index contributed by atoms with van der Waals surface area (Å²) in [6, 6.07) is 6.29. The van der Waals surface area contributed by atoms with Gasteiger partial charge in [-0.15, -0.1) is 0 Å². The average molecular weight is 300 g/mol. The van der Waals surface area contributed by atoms with Crippen LogP contribution in [0.5, 0.6) is 0 Å². The highest BCUT2D eigenvalue weighted by Crippen LogP contribution is 2.32. The van der Waals surface area contributed by atoms with E-state index in [0.717, 1.165) is 6.42 Å². The van der Waals surface area contributed by atoms with Crippen LogP contribution in [-0.4, -0.2) is 4.98 Å². The van der Waals surface area contributed by atoms with Crippen LogP contribution in [0, 0.1) is 0 Å². The van der Waals surface area contributed by atoms with Gasteiger partial charge in [0.15, 0.2) is 0 Å². The molecular formula is C21H33N. The Morgan fingerprint density at radius 1 is 0.909 bits per heavy atom. The van der Waals surface area contributed by atoms with Crippen LogP contribution in [0.4, 0.5) is 0 Å². The predicted octanol–water partition coefficient (Wildman–Crippen LogP) is 6.96. The van der Waals surface area contributed by atoms with Crippen molar-refractivity contribution in [2.45, 2.75) is 79.1 Å². The summed E-state index contributed by atoms with van der Waals surface area (Å²) in [5, 5.41) is 0. The van der Waals surface area contributed by atoms with E-state index in [0.29, 0.717) is 0 Å². The summed E-state index contributed by atoms with van der Waals surface area (Å²) in [7, 11) is 0. The Balaban J connectivity index is 3.34. The molecule has 0 bridgehead atoms. The molecule has 0 fully saturated rings. The van der Waals surface area contributed by atoms with Crippen LogP contribution in [0.15, 0.2) is 41.6 Å². The molecule has 0 aliphatic carbocycles. The average Bonchev–Trinajstić information content (AvgIpc) is 2.56. The van der Waals surface area contributed by atoms with Gasteiger partial charge in [-0.25, -0.2) is 0 Å². The van der Waals surface area contributed by atoms with Gasteiger partial charge in [-0.1, -0.05) is 65.5 Å². The van der Waals surface area contributed by atoms with Crippen LogP contribution >= 0.6 is 0 Å². The van der Waals surface area contributed by atoms with Crippen LogP contribution in [-0.2, 0) is 0 Å². The van der Waals surface area contributed by atoms with E-state index < -0.39 is 0 Å². The minimum Gasteiger partial charge on any atom is -0.257 e. The molecule has 0 amide bonds. The normalized spacial score (nSPS) is 13.2. The molecule has 0 aliphatic heterocycles.